The van der Waals surface area contributed by atoms with Crippen LogP contribution in [0.4, 0.5) is 17.1 Å². The molecule has 0 fully saturated rings. The highest BCUT2D eigenvalue weighted by Crippen LogP contribution is 2.64. The summed E-state index contributed by atoms with van der Waals surface area (Å²) in [6.45, 7) is 0. The molecule has 0 aliphatic heterocycles. The van der Waals surface area contributed by atoms with Gasteiger partial charge in [-0.05, 0) is 75.3 Å². The molecule has 0 radical (unpaired) electrons. The second-order valence-electron chi connectivity index (χ2n) is 12.0. The van der Waals surface area contributed by atoms with Crippen LogP contribution in [0, 0.1) is 0 Å². The van der Waals surface area contributed by atoms with Crippen molar-refractivity contribution in [2.75, 3.05) is 4.90 Å². The SMILES string of the molecule is c1ccc(N(c2ccccc2)c2cccc3c2oc2c4c(ccc23)-c2ccccc2C42c3ccccc3-c3ccccc32)cc1. The van der Waals surface area contributed by atoms with E-state index in [0.29, 0.717) is 0 Å². The summed E-state index contributed by atoms with van der Waals surface area (Å²) in [5.74, 6) is 0. The lowest BCUT2D eigenvalue weighted by Crippen LogP contribution is -2.26. The lowest BCUT2D eigenvalue weighted by Gasteiger charge is -2.30. The van der Waals surface area contributed by atoms with Crippen LogP contribution in [0.3, 0.4) is 0 Å². The first kappa shape index (κ1) is 24.6. The molecule has 0 saturated carbocycles. The summed E-state index contributed by atoms with van der Waals surface area (Å²) in [5, 5.41) is 2.26. The van der Waals surface area contributed by atoms with Gasteiger partial charge in [-0.1, -0.05) is 127 Å². The van der Waals surface area contributed by atoms with E-state index in [1.54, 1.807) is 0 Å². The number of fused-ring (bicyclic) bond motifs is 14. The molecule has 2 nitrogen and oxygen atoms in total. The summed E-state index contributed by atoms with van der Waals surface area (Å²) in [4.78, 5) is 2.30. The molecule has 2 aliphatic rings. The van der Waals surface area contributed by atoms with Crippen LogP contribution in [0.25, 0.3) is 44.2 Å². The topological polar surface area (TPSA) is 16.4 Å². The van der Waals surface area contributed by atoms with Crippen LogP contribution in [-0.2, 0) is 5.41 Å². The van der Waals surface area contributed by atoms with Crippen molar-refractivity contribution in [3.8, 4) is 22.3 Å². The van der Waals surface area contributed by atoms with Crippen molar-refractivity contribution in [2.45, 2.75) is 5.41 Å². The van der Waals surface area contributed by atoms with Crippen LogP contribution < -0.4 is 4.90 Å². The first-order valence-corrected chi connectivity index (χ1v) is 15.5. The third kappa shape index (κ3) is 3.13. The summed E-state index contributed by atoms with van der Waals surface area (Å²) in [6, 6.07) is 59.0. The Bertz CT molecular complexity index is 2330. The van der Waals surface area contributed by atoms with Crippen LogP contribution >= 0.6 is 0 Å². The third-order valence-corrected chi connectivity index (χ3v) is 9.86. The van der Waals surface area contributed by atoms with Gasteiger partial charge in [-0.3, -0.25) is 0 Å². The maximum absolute atomic E-state index is 7.26. The lowest BCUT2D eigenvalue weighted by atomic mass is 9.70. The largest absolute Gasteiger partial charge is 0.453 e. The Morgan fingerprint density at radius 3 is 1.44 bits per heavy atom. The van der Waals surface area contributed by atoms with Crippen molar-refractivity contribution in [2.24, 2.45) is 0 Å². The molecule has 0 N–H and O–H groups in total. The van der Waals surface area contributed by atoms with Crippen molar-refractivity contribution in [1.82, 2.24) is 0 Å². The Morgan fingerprint density at radius 2 is 0.867 bits per heavy atom. The summed E-state index contributed by atoms with van der Waals surface area (Å²) in [6.07, 6.45) is 0. The number of rotatable bonds is 3. The number of hydrogen-bond donors (Lipinski definition) is 0. The van der Waals surface area contributed by atoms with Crippen LogP contribution in [-0.4, -0.2) is 0 Å². The van der Waals surface area contributed by atoms with E-state index < -0.39 is 5.41 Å². The van der Waals surface area contributed by atoms with Gasteiger partial charge >= 0.3 is 0 Å². The van der Waals surface area contributed by atoms with Gasteiger partial charge in [-0.2, -0.15) is 0 Å². The zero-order chi connectivity index (χ0) is 29.5. The third-order valence-electron chi connectivity index (χ3n) is 9.86. The smallest absolute Gasteiger partial charge is 0.159 e. The molecule has 45 heavy (non-hydrogen) atoms. The van der Waals surface area contributed by atoms with E-state index in [4.69, 9.17) is 4.42 Å². The van der Waals surface area contributed by atoms with Gasteiger partial charge in [-0.25, -0.2) is 0 Å². The maximum atomic E-state index is 7.26. The monoisotopic (exact) mass is 573 g/mol. The number of furan rings is 1. The summed E-state index contributed by atoms with van der Waals surface area (Å²) < 4.78 is 7.26. The Labute approximate surface area is 261 Å². The van der Waals surface area contributed by atoms with Gasteiger partial charge in [0.1, 0.15) is 5.58 Å². The molecule has 8 aromatic rings. The molecule has 0 atom stereocenters. The molecule has 1 spiro atoms. The van der Waals surface area contributed by atoms with Gasteiger partial charge in [0.05, 0.1) is 11.1 Å². The molecule has 1 aromatic heterocycles. The Balaban J connectivity index is 1.34. The maximum Gasteiger partial charge on any atom is 0.159 e. The Kier molecular flexibility index (Phi) is 4.95. The fourth-order valence-electron chi connectivity index (χ4n) is 8.18. The highest BCUT2D eigenvalue weighted by atomic mass is 16.3. The zero-order valence-electron chi connectivity index (χ0n) is 24.4. The average Bonchev–Trinajstić information content (AvgIpc) is 3.74. The van der Waals surface area contributed by atoms with Gasteiger partial charge < -0.3 is 9.32 Å². The van der Waals surface area contributed by atoms with Crippen molar-refractivity contribution < 1.29 is 4.42 Å². The normalized spacial score (nSPS) is 13.5. The molecule has 7 aromatic carbocycles. The van der Waals surface area contributed by atoms with Crippen LogP contribution in [0.2, 0.25) is 0 Å². The van der Waals surface area contributed by atoms with Crippen LogP contribution in [0.15, 0.2) is 168 Å². The highest BCUT2D eigenvalue weighted by Gasteiger charge is 2.53. The fraction of sp³-hybridized carbons (Fsp3) is 0.0233. The highest BCUT2D eigenvalue weighted by molar-refractivity contribution is 6.14. The van der Waals surface area contributed by atoms with E-state index in [2.05, 4.69) is 169 Å². The molecular weight excluding hydrogens is 546 g/mol. The van der Waals surface area contributed by atoms with Gasteiger partial charge in [0.15, 0.2) is 5.58 Å². The number of nitrogens with zero attached hydrogens (tertiary/aromatic N) is 1. The Hall–Kier alpha value is -5.86. The molecule has 0 amide bonds. The van der Waals surface area contributed by atoms with Gasteiger partial charge in [-0.15, -0.1) is 0 Å². The van der Waals surface area contributed by atoms with Crippen LogP contribution in [0.1, 0.15) is 22.3 Å². The second-order valence-corrected chi connectivity index (χ2v) is 12.0. The van der Waals surface area contributed by atoms with Crippen molar-refractivity contribution >= 4 is 39.0 Å². The predicted octanol–water partition coefficient (Wildman–Crippen LogP) is 11.4. The van der Waals surface area contributed by atoms with E-state index in [1.807, 2.05) is 0 Å². The number of anilines is 3. The minimum absolute atomic E-state index is 0.467. The van der Waals surface area contributed by atoms with Gasteiger partial charge in [0.25, 0.3) is 0 Å². The molecule has 2 aliphatic carbocycles. The number of para-hydroxylation sites is 3. The van der Waals surface area contributed by atoms with Gasteiger partial charge in [0.2, 0.25) is 0 Å². The first-order chi connectivity index (χ1) is 22.4. The average molecular weight is 574 g/mol. The van der Waals surface area contributed by atoms with E-state index >= 15 is 0 Å². The minimum atomic E-state index is -0.467. The van der Waals surface area contributed by atoms with E-state index in [9.17, 15) is 0 Å². The number of hydrogen-bond acceptors (Lipinski definition) is 2. The number of benzene rings is 7. The minimum Gasteiger partial charge on any atom is -0.453 e. The van der Waals surface area contributed by atoms with E-state index in [1.165, 1.54) is 44.5 Å². The molecule has 0 bridgehead atoms. The summed E-state index contributed by atoms with van der Waals surface area (Å²) >= 11 is 0. The van der Waals surface area contributed by atoms with E-state index in [-0.39, 0.29) is 0 Å². The van der Waals surface area contributed by atoms with Crippen molar-refractivity contribution in [1.29, 1.82) is 0 Å². The first-order valence-electron chi connectivity index (χ1n) is 15.5. The summed E-state index contributed by atoms with van der Waals surface area (Å²) in [5.41, 5.74) is 14.9. The molecule has 2 heteroatoms. The van der Waals surface area contributed by atoms with Crippen molar-refractivity contribution in [3.63, 3.8) is 0 Å². The lowest BCUT2D eigenvalue weighted by molar-refractivity contribution is 0.652. The predicted molar refractivity (Wildman–Crippen MR) is 185 cm³/mol. The zero-order valence-corrected chi connectivity index (χ0v) is 24.4. The Morgan fingerprint density at radius 1 is 0.378 bits per heavy atom. The summed E-state index contributed by atoms with van der Waals surface area (Å²) in [7, 11) is 0. The van der Waals surface area contributed by atoms with E-state index in [0.717, 1.165) is 39.0 Å². The second kappa shape index (κ2) is 9.07. The molecular formula is C43H27NO. The standard InChI is InChI=1S/C43H27NO/c1-3-14-28(15-4-1)44(29-16-5-2-6-17-29)39-25-13-21-34-35-27-26-33-32-20-9-12-24-38(32)43(40(33)42(35)45-41(34)39)36-22-10-7-18-30(36)31-19-8-11-23-37(31)43/h1-27H. The molecule has 0 unspecified atom stereocenters. The molecule has 1 heterocycles. The van der Waals surface area contributed by atoms with Crippen LogP contribution in [0.5, 0.6) is 0 Å². The van der Waals surface area contributed by atoms with Crippen molar-refractivity contribution in [3.05, 3.63) is 186 Å². The quantitative estimate of drug-likeness (QED) is 0.209. The fourth-order valence-corrected chi connectivity index (χ4v) is 8.18. The molecule has 0 saturated heterocycles. The molecule has 210 valence electrons. The molecule has 10 rings (SSSR count). The van der Waals surface area contributed by atoms with Gasteiger partial charge in [0, 0.05) is 27.7 Å².